The summed E-state index contributed by atoms with van der Waals surface area (Å²) in [5.41, 5.74) is 5.18. The molecule has 30 heavy (non-hydrogen) atoms. The lowest BCUT2D eigenvalue weighted by molar-refractivity contribution is 0.0981. The number of hydrogen-bond donors (Lipinski definition) is 0. The molecule has 0 spiro atoms. The SMILES string of the molecule is CC(=O)c1ccc(C(=O)N(Cc2cccnc2)c2nc3c(C)cc(C)cc3s2)cc1. The Labute approximate surface area is 179 Å². The van der Waals surface area contributed by atoms with Gasteiger partial charge in [0.1, 0.15) is 0 Å². The fourth-order valence-corrected chi connectivity index (χ4v) is 4.52. The Morgan fingerprint density at radius 3 is 2.43 bits per heavy atom. The van der Waals surface area contributed by atoms with Gasteiger partial charge in [-0.25, -0.2) is 4.98 Å². The molecule has 0 unspecified atom stereocenters. The third kappa shape index (κ3) is 4.00. The number of aryl methyl sites for hydroxylation is 2. The Hall–Kier alpha value is -3.38. The van der Waals surface area contributed by atoms with Gasteiger partial charge in [-0.3, -0.25) is 19.5 Å². The van der Waals surface area contributed by atoms with E-state index in [9.17, 15) is 9.59 Å². The lowest BCUT2D eigenvalue weighted by atomic mass is 10.1. The third-order valence-corrected chi connectivity index (χ3v) is 5.92. The fourth-order valence-electron chi connectivity index (χ4n) is 3.38. The maximum absolute atomic E-state index is 13.4. The van der Waals surface area contributed by atoms with Crippen molar-refractivity contribution in [2.75, 3.05) is 4.90 Å². The highest BCUT2D eigenvalue weighted by molar-refractivity contribution is 7.22. The summed E-state index contributed by atoms with van der Waals surface area (Å²) in [7, 11) is 0. The minimum absolute atomic E-state index is 0.0294. The zero-order valence-electron chi connectivity index (χ0n) is 17.0. The minimum atomic E-state index is -0.164. The van der Waals surface area contributed by atoms with Gasteiger partial charge >= 0.3 is 0 Å². The van der Waals surface area contributed by atoms with Gasteiger partial charge in [-0.05, 0) is 61.7 Å². The summed E-state index contributed by atoms with van der Waals surface area (Å²) in [5.74, 6) is -0.194. The number of hydrogen-bond acceptors (Lipinski definition) is 5. The summed E-state index contributed by atoms with van der Waals surface area (Å²) in [6.45, 7) is 5.96. The zero-order valence-corrected chi connectivity index (χ0v) is 17.9. The highest BCUT2D eigenvalue weighted by Crippen LogP contribution is 2.33. The van der Waals surface area contributed by atoms with Crippen LogP contribution >= 0.6 is 11.3 Å². The largest absolute Gasteiger partial charge is 0.295 e. The Bertz CT molecular complexity index is 1230. The first-order chi connectivity index (χ1) is 14.4. The van der Waals surface area contributed by atoms with Crippen LogP contribution in [-0.4, -0.2) is 21.7 Å². The van der Waals surface area contributed by atoms with Crippen LogP contribution < -0.4 is 4.90 Å². The molecule has 0 aliphatic carbocycles. The molecular weight excluding hydrogens is 394 g/mol. The van der Waals surface area contributed by atoms with E-state index >= 15 is 0 Å². The first-order valence-corrected chi connectivity index (χ1v) is 10.4. The highest BCUT2D eigenvalue weighted by Gasteiger charge is 2.22. The summed E-state index contributed by atoms with van der Waals surface area (Å²) in [6, 6.07) is 14.7. The van der Waals surface area contributed by atoms with E-state index in [1.807, 2.05) is 19.1 Å². The van der Waals surface area contributed by atoms with E-state index in [1.165, 1.54) is 23.8 Å². The zero-order chi connectivity index (χ0) is 21.3. The van der Waals surface area contributed by atoms with Gasteiger partial charge in [0.05, 0.1) is 16.8 Å². The number of rotatable bonds is 5. The average molecular weight is 416 g/mol. The number of carbonyl (C=O) groups excluding carboxylic acids is 2. The van der Waals surface area contributed by atoms with Gasteiger partial charge in [0.2, 0.25) is 0 Å². The van der Waals surface area contributed by atoms with Crippen LogP contribution in [0.5, 0.6) is 0 Å². The second-order valence-electron chi connectivity index (χ2n) is 7.31. The van der Waals surface area contributed by atoms with Gasteiger partial charge in [-0.15, -0.1) is 0 Å². The average Bonchev–Trinajstić information content (AvgIpc) is 3.16. The van der Waals surface area contributed by atoms with E-state index in [2.05, 4.69) is 24.0 Å². The Balaban J connectivity index is 1.77. The third-order valence-electron chi connectivity index (χ3n) is 4.90. The molecule has 0 aliphatic heterocycles. The van der Waals surface area contributed by atoms with Crippen molar-refractivity contribution in [1.82, 2.24) is 9.97 Å². The first kappa shape index (κ1) is 19.9. The van der Waals surface area contributed by atoms with Gasteiger partial charge in [0.25, 0.3) is 5.91 Å². The molecule has 0 N–H and O–H groups in total. The summed E-state index contributed by atoms with van der Waals surface area (Å²) >= 11 is 1.50. The van der Waals surface area contributed by atoms with E-state index in [-0.39, 0.29) is 11.7 Å². The second-order valence-corrected chi connectivity index (χ2v) is 8.32. The lowest BCUT2D eigenvalue weighted by Crippen LogP contribution is -2.30. The molecule has 2 aromatic heterocycles. The Morgan fingerprint density at radius 2 is 1.77 bits per heavy atom. The first-order valence-electron chi connectivity index (χ1n) is 9.62. The lowest BCUT2D eigenvalue weighted by Gasteiger charge is -2.20. The predicted molar refractivity (Wildman–Crippen MR) is 120 cm³/mol. The Kier molecular flexibility index (Phi) is 5.42. The number of Topliss-reactive ketones (excluding diaryl/α,β-unsaturated/α-hetero) is 1. The number of pyridine rings is 1. The van der Waals surface area contributed by atoms with E-state index < -0.39 is 0 Å². The maximum Gasteiger partial charge on any atom is 0.260 e. The number of amides is 1. The molecule has 0 bridgehead atoms. The number of ketones is 1. The van der Waals surface area contributed by atoms with E-state index in [0.29, 0.717) is 22.8 Å². The van der Waals surface area contributed by atoms with Crippen LogP contribution in [0.15, 0.2) is 60.9 Å². The number of fused-ring (bicyclic) bond motifs is 1. The molecule has 0 atom stereocenters. The van der Waals surface area contributed by atoms with Gasteiger partial charge in [0, 0.05) is 23.5 Å². The number of thiazole rings is 1. The van der Waals surface area contributed by atoms with Crippen molar-refractivity contribution >= 4 is 38.4 Å². The number of nitrogens with zero attached hydrogens (tertiary/aromatic N) is 3. The molecule has 1 amide bonds. The molecule has 150 valence electrons. The molecule has 4 aromatic rings. The van der Waals surface area contributed by atoms with E-state index in [1.54, 1.807) is 41.6 Å². The standard InChI is InChI=1S/C24H21N3O2S/c1-15-11-16(2)22-21(12-15)30-24(26-22)27(14-18-5-4-10-25-13-18)23(29)20-8-6-19(7-9-20)17(3)28/h4-13H,14H2,1-3H3. The van der Waals surface area contributed by atoms with Gasteiger partial charge in [-0.1, -0.05) is 35.6 Å². The molecule has 0 radical (unpaired) electrons. The molecule has 0 saturated heterocycles. The molecule has 2 heterocycles. The van der Waals surface area contributed by atoms with Gasteiger partial charge < -0.3 is 0 Å². The number of anilines is 1. The van der Waals surface area contributed by atoms with Crippen molar-refractivity contribution in [3.8, 4) is 0 Å². The molecule has 4 rings (SSSR count). The molecule has 6 heteroatoms. The monoisotopic (exact) mass is 415 g/mol. The van der Waals surface area contributed by atoms with Crippen molar-refractivity contribution in [1.29, 1.82) is 0 Å². The van der Waals surface area contributed by atoms with Gasteiger partial charge in [0.15, 0.2) is 10.9 Å². The molecule has 0 saturated carbocycles. The summed E-state index contributed by atoms with van der Waals surface area (Å²) < 4.78 is 1.05. The molecule has 0 aliphatic rings. The second kappa shape index (κ2) is 8.16. The van der Waals surface area contributed by atoms with E-state index in [0.717, 1.165) is 21.3 Å². The summed E-state index contributed by atoms with van der Waals surface area (Å²) in [4.78, 5) is 35.7. The number of carbonyl (C=O) groups is 2. The maximum atomic E-state index is 13.4. The quantitative estimate of drug-likeness (QED) is 0.412. The molecule has 0 fully saturated rings. The van der Waals surface area contributed by atoms with Crippen LogP contribution in [0, 0.1) is 13.8 Å². The predicted octanol–water partition coefficient (Wildman–Crippen LogP) is 5.36. The van der Waals surface area contributed by atoms with Gasteiger partial charge in [-0.2, -0.15) is 0 Å². The molecule has 5 nitrogen and oxygen atoms in total. The van der Waals surface area contributed by atoms with Crippen LogP contribution in [0.2, 0.25) is 0 Å². The number of aromatic nitrogens is 2. The molecular formula is C24H21N3O2S. The fraction of sp³-hybridized carbons (Fsp3) is 0.167. The summed E-state index contributed by atoms with van der Waals surface area (Å²) in [6.07, 6.45) is 3.46. The van der Waals surface area contributed by atoms with Crippen LogP contribution in [0.4, 0.5) is 5.13 Å². The van der Waals surface area contributed by atoms with Crippen molar-refractivity contribution in [2.45, 2.75) is 27.3 Å². The van der Waals surface area contributed by atoms with Crippen molar-refractivity contribution in [2.24, 2.45) is 0 Å². The van der Waals surface area contributed by atoms with Crippen molar-refractivity contribution in [3.05, 3.63) is 88.7 Å². The van der Waals surface area contributed by atoms with Crippen LogP contribution in [0.1, 0.15) is 44.3 Å². The van der Waals surface area contributed by atoms with Crippen molar-refractivity contribution in [3.63, 3.8) is 0 Å². The highest BCUT2D eigenvalue weighted by atomic mass is 32.1. The smallest absolute Gasteiger partial charge is 0.260 e. The Morgan fingerprint density at radius 1 is 1.03 bits per heavy atom. The van der Waals surface area contributed by atoms with E-state index in [4.69, 9.17) is 4.98 Å². The number of benzene rings is 2. The summed E-state index contributed by atoms with van der Waals surface area (Å²) in [5, 5.41) is 0.642. The normalized spacial score (nSPS) is 10.9. The topological polar surface area (TPSA) is 63.2 Å². The molecule has 2 aromatic carbocycles. The van der Waals surface area contributed by atoms with Crippen LogP contribution in [0.3, 0.4) is 0 Å². The van der Waals surface area contributed by atoms with Crippen LogP contribution in [0.25, 0.3) is 10.2 Å². The van der Waals surface area contributed by atoms with Crippen molar-refractivity contribution < 1.29 is 9.59 Å². The minimum Gasteiger partial charge on any atom is -0.295 e. The van der Waals surface area contributed by atoms with Crippen LogP contribution in [-0.2, 0) is 6.54 Å².